The Hall–Kier alpha value is -1.23. The SMILES string of the molecule is O=C(O)c1cc2c(s1)OCCN2. The number of ether oxygens (including phenoxy) is 1. The van der Waals surface area contributed by atoms with E-state index in [-0.39, 0.29) is 0 Å². The highest BCUT2D eigenvalue weighted by atomic mass is 32.1. The van der Waals surface area contributed by atoms with Gasteiger partial charge in [-0.2, -0.15) is 0 Å². The van der Waals surface area contributed by atoms with Gasteiger partial charge in [0.2, 0.25) is 0 Å². The zero-order valence-electron chi connectivity index (χ0n) is 6.16. The van der Waals surface area contributed by atoms with E-state index in [9.17, 15) is 4.79 Å². The van der Waals surface area contributed by atoms with Crippen LogP contribution in [0.1, 0.15) is 9.67 Å². The third kappa shape index (κ3) is 1.12. The first-order chi connectivity index (χ1) is 5.77. The highest BCUT2D eigenvalue weighted by Gasteiger charge is 2.17. The number of rotatable bonds is 1. The van der Waals surface area contributed by atoms with Gasteiger partial charge in [0.25, 0.3) is 0 Å². The lowest BCUT2D eigenvalue weighted by atomic mass is 10.4. The molecule has 0 aromatic carbocycles. The first-order valence-electron chi connectivity index (χ1n) is 3.51. The standard InChI is InChI=1S/C7H7NO3S/c9-6(10)5-3-4-7(12-5)11-2-1-8-4/h3,8H,1-2H2,(H,9,10). The third-order valence-corrected chi connectivity index (χ3v) is 2.59. The maximum atomic E-state index is 10.5. The molecule has 12 heavy (non-hydrogen) atoms. The lowest BCUT2D eigenvalue weighted by molar-refractivity contribution is 0.0702. The van der Waals surface area contributed by atoms with Gasteiger partial charge in [0.05, 0.1) is 5.69 Å². The summed E-state index contributed by atoms with van der Waals surface area (Å²) in [6.45, 7) is 1.34. The minimum absolute atomic E-state index is 0.314. The number of aromatic carboxylic acids is 1. The second-order valence-electron chi connectivity index (χ2n) is 2.39. The van der Waals surface area contributed by atoms with Crippen LogP contribution in [0.3, 0.4) is 0 Å². The summed E-state index contributed by atoms with van der Waals surface area (Å²) in [5.41, 5.74) is 0.795. The summed E-state index contributed by atoms with van der Waals surface area (Å²) in [5.74, 6) is -0.903. The van der Waals surface area contributed by atoms with Crippen LogP contribution in [0.15, 0.2) is 6.07 Å². The molecule has 0 bridgehead atoms. The predicted molar refractivity (Wildman–Crippen MR) is 45.3 cm³/mol. The summed E-state index contributed by atoms with van der Waals surface area (Å²) in [5, 5.41) is 12.4. The van der Waals surface area contributed by atoms with E-state index in [4.69, 9.17) is 9.84 Å². The fourth-order valence-electron chi connectivity index (χ4n) is 1.04. The molecule has 64 valence electrons. The van der Waals surface area contributed by atoms with Crippen LogP contribution in [-0.2, 0) is 0 Å². The summed E-state index contributed by atoms with van der Waals surface area (Å²) >= 11 is 1.16. The number of anilines is 1. The van der Waals surface area contributed by atoms with Gasteiger partial charge in [-0.3, -0.25) is 0 Å². The van der Waals surface area contributed by atoms with E-state index in [1.165, 1.54) is 0 Å². The van der Waals surface area contributed by atoms with Gasteiger partial charge in [0.1, 0.15) is 11.5 Å². The Morgan fingerprint density at radius 3 is 3.25 bits per heavy atom. The molecule has 5 heteroatoms. The monoisotopic (exact) mass is 185 g/mol. The molecule has 0 aliphatic carbocycles. The van der Waals surface area contributed by atoms with Crippen LogP contribution in [0.2, 0.25) is 0 Å². The number of carbonyl (C=O) groups is 1. The summed E-state index contributed by atoms with van der Waals surface area (Å²) in [6.07, 6.45) is 0. The Morgan fingerprint density at radius 2 is 2.58 bits per heavy atom. The van der Waals surface area contributed by atoms with Crippen LogP contribution in [-0.4, -0.2) is 24.2 Å². The third-order valence-electron chi connectivity index (χ3n) is 1.56. The minimum atomic E-state index is -0.903. The summed E-state index contributed by atoms with van der Waals surface area (Å²) in [4.78, 5) is 10.9. The van der Waals surface area contributed by atoms with Crippen LogP contribution in [0.5, 0.6) is 5.06 Å². The Morgan fingerprint density at radius 1 is 1.75 bits per heavy atom. The second-order valence-corrected chi connectivity index (χ2v) is 3.41. The van der Waals surface area contributed by atoms with E-state index < -0.39 is 5.97 Å². The van der Waals surface area contributed by atoms with E-state index in [1.807, 2.05) is 0 Å². The van der Waals surface area contributed by atoms with E-state index >= 15 is 0 Å². The Balaban J connectivity index is 2.38. The molecule has 0 amide bonds. The molecular weight excluding hydrogens is 178 g/mol. The predicted octanol–water partition coefficient (Wildman–Crippen LogP) is 1.25. The largest absolute Gasteiger partial charge is 0.481 e. The van der Waals surface area contributed by atoms with Crippen molar-refractivity contribution < 1.29 is 14.6 Å². The smallest absolute Gasteiger partial charge is 0.346 e. The summed E-state index contributed by atoms with van der Waals surface area (Å²) < 4.78 is 5.25. The van der Waals surface area contributed by atoms with E-state index in [2.05, 4.69) is 5.32 Å². The maximum absolute atomic E-state index is 10.5. The highest BCUT2D eigenvalue weighted by Crippen LogP contribution is 2.36. The van der Waals surface area contributed by atoms with E-state index in [0.29, 0.717) is 16.5 Å². The van der Waals surface area contributed by atoms with Gasteiger partial charge < -0.3 is 15.2 Å². The number of thiophene rings is 1. The van der Waals surface area contributed by atoms with Crippen molar-refractivity contribution in [3.05, 3.63) is 10.9 Å². The molecule has 2 rings (SSSR count). The topological polar surface area (TPSA) is 58.6 Å². The Kier molecular flexibility index (Phi) is 1.65. The molecule has 0 spiro atoms. The number of carboxylic acids is 1. The van der Waals surface area contributed by atoms with Gasteiger partial charge in [-0.15, -0.1) is 0 Å². The Bertz CT molecular complexity index is 297. The fourth-order valence-corrected chi connectivity index (χ4v) is 1.89. The lowest BCUT2D eigenvalue weighted by Crippen LogP contribution is -2.16. The normalized spacial score (nSPS) is 14.3. The van der Waals surface area contributed by atoms with Gasteiger partial charge in [-0.1, -0.05) is 11.3 Å². The van der Waals surface area contributed by atoms with Crippen LogP contribution in [0, 0.1) is 0 Å². The van der Waals surface area contributed by atoms with Crippen LogP contribution < -0.4 is 10.1 Å². The number of carboxylic acid groups (broad SMARTS) is 1. The van der Waals surface area contributed by atoms with Gasteiger partial charge in [0.15, 0.2) is 5.06 Å². The molecule has 1 aromatic rings. The molecule has 2 heterocycles. The second kappa shape index (κ2) is 2.67. The Labute approximate surface area is 72.8 Å². The molecule has 1 aliphatic rings. The van der Waals surface area contributed by atoms with E-state index in [1.54, 1.807) is 6.07 Å². The molecule has 1 aliphatic heterocycles. The number of fused-ring (bicyclic) bond motifs is 1. The van der Waals surface area contributed by atoms with Crippen molar-refractivity contribution in [2.75, 3.05) is 18.5 Å². The van der Waals surface area contributed by atoms with Crippen molar-refractivity contribution in [1.29, 1.82) is 0 Å². The molecule has 0 saturated carbocycles. The molecule has 2 N–H and O–H groups in total. The fraction of sp³-hybridized carbons (Fsp3) is 0.286. The molecule has 0 unspecified atom stereocenters. The maximum Gasteiger partial charge on any atom is 0.346 e. The van der Waals surface area contributed by atoms with E-state index in [0.717, 1.165) is 23.6 Å². The van der Waals surface area contributed by atoms with Gasteiger partial charge in [-0.05, 0) is 6.07 Å². The minimum Gasteiger partial charge on any atom is -0.481 e. The molecule has 0 radical (unpaired) electrons. The van der Waals surface area contributed by atoms with Crippen molar-refractivity contribution in [2.45, 2.75) is 0 Å². The molecule has 0 saturated heterocycles. The average molecular weight is 185 g/mol. The first-order valence-corrected chi connectivity index (χ1v) is 4.33. The molecular formula is C7H7NO3S. The van der Waals surface area contributed by atoms with Gasteiger partial charge >= 0.3 is 5.97 Å². The highest BCUT2D eigenvalue weighted by molar-refractivity contribution is 7.16. The van der Waals surface area contributed by atoms with Crippen LogP contribution in [0.4, 0.5) is 5.69 Å². The summed E-state index contributed by atoms with van der Waals surface area (Å²) in [7, 11) is 0. The number of nitrogens with one attached hydrogen (secondary N) is 1. The van der Waals surface area contributed by atoms with Gasteiger partial charge in [-0.25, -0.2) is 4.79 Å². The first kappa shape index (κ1) is 7.42. The molecule has 0 atom stereocenters. The zero-order valence-corrected chi connectivity index (χ0v) is 6.98. The quantitative estimate of drug-likeness (QED) is 0.691. The number of hydrogen-bond acceptors (Lipinski definition) is 4. The van der Waals surface area contributed by atoms with Crippen molar-refractivity contribution >= 4 is 23.0 Å². The van der Waals surface area contributed by atoms with Crippen molar-refractivity contribution in [2.24, 2.45) is 0 Å². The molecule has 4 nitrogen and oxygen atoms in total. The van der Waals surface area contributed by atoms with Crippen molar-refractivity contribution in [3.63, 3.8) is 0 Å². The van der Waals surface area contributed by atoms with Gasteiger partial charge in [0, 0.05) is 6.54 Å². The van der Waals surface area contributed by atoms with Crippen molar-refractivity contribution in [3.8, 4) is 5.06 Å². The average Bonchev–Trinajstić information content (AvgIpc) is 2.46. The van der Waals surface area contributed by atoms with Crippen LogP contribution >= 0.6 is 11.3 Å². The number of hydrogen-bond donors (Lipinski definition) is 2. The van der Waals surface area contributed by atoms with Crippen molar-refractivity contribution in [1.82, 2.24) is 0 Å². The summed E-state index contributed by atoms with van der Waals surface area (Å²) in [6, 6.07) is 1.60. The zero-order chi connectivity index (χ0) is 8.55. The lowest BCUT2D eigenvalue weighted by Gasteiger charge is -2.13. The molecule has 0 fully saturated rings. The van der Waals surface area contributed by atoms with Crippen LogP contribution in [0.25, 0.3) is 0 Å². The molecule has 1 aromatic heterocycles.